The second-order valence-corrected chi connectivity index (χ2v) is 3.56. The van der Waals surface area contributed by atoms with Crippen LogP contribution in [0.3, 0.4) is 0 Å². The van der Waals surface area contributed by atoms with Crippen LogP contribution < -0.4 is 5.32 Å². The molecular formula is C10H21NO3. The van der Waals surface area contributed by atoms with E-state index in [0.29, 0.717) is 19.1 Å². The largest absolute Gasteiger partial charge is 0.468 e. The van der Waals surface area contributed by atoms with E-state index in [2.05, 4.69) is 23.9 Å². The van der Waals surface area contributed by atoms with Crippen LogP contribution in [0, 0.1) is 5.92 Å². The van der Waals surface area contributed by atoms with Crippen molar-refractivity contribution >= 4 is 5.97 Å². The van der Waals surface area contributed by atoms with Gasteiger partial charge in [0.25, 0.3) is 0 Å². The van der Waals surface area contributed by atoms with Crippen molar-refractivity contribution in [2.24, 2.45) is 5.92 Å². The number of carbonyl (C=O) groups is 1. The van der Waals surface area contributed by atoms with Gasteiger partial charge in [-0.1, -0.05) is 20.8 Å². The Morgan fingerprint density at radius 3 is 2.43 bits per heavy atom. The van der Waals surface area contributed by atoms with Crippen LogP contribution in [0.25, 0.3) is 0 Å². The third kappa shape index (κ3) is 5.94. The topological polar surface area (TPSA) is 47.6 Å². The quantitative estimate of drug-likeness (QED) is 0.622. The van der Waals surface area contributed by atoms with Crippen molar-refractivity contribution in [3.05, 3.63) is 0 Å². The first kappa shape index (κ1) is 13.4. The number of carbonyl (C=O) groups excluding carboxylic acids is 1. The lowest BCUT2D eigenvalue weighted by Crippen LogP contribution is -2.41. The number of esters is 1. The fourth-order valence-corrected chi connectivity index (χ4v) is 1.02. The lowest BCUT2D eigenvalue weighted by molar-refractivity contribution is -0.144. The summed E-state index contributed by atoms with van der Waals surface area (Å²) in [6, 6.07) is -0.344. The average molecular weight is 203 g/mol. The van der Waals surface area contributed by atoms with E-state index in [9.17, 15) is 4.79 Å². The third-order valence-corrected chi connectivity index (χ3v) is 1.67. The summed E-state index contributed by atoms with van der Waals surface area (Å²) in [5.41, 5.74) is 0. The van der Waals surface area contributed by atoms with Gasteiger partial charge in [0.2, 0.25) is 0 Å². The lowest BCUT2D eigenvalue weighted by atomic mass is 10.2. The zero-order valence-corrected chi connectivity index (χ0v) is 9.50. The minimum atomic E-state index is -0.344. The Kier molecular flexibility index (Phi) is 7.42. The molecule has 1 atom stereocenters. The minimum absolute atomic E-state index is 0.268. The normalized spacial score (nSPS) is 12.9. The molecule has 4 heteroatoms. The predicted octanol–water partition coefficient (Wildman–Crippen LogP) is 0.810. The van der Waals surface area contributed by atoms with Crippen molar-refractivity contribution in [3.63, 3.8) is 0 Å². The maximum atomic E-state index is 11.2. The van der Waals surface area contributed by atoms with Crippen LogP contribution in [0.1, 0.15) is 20.8 Å². The molecule has 4 nitrogen and oxygen atoms in total. The Morgan fingerprint density at radius 1 is 1.36 bits per heavy atom. The van der Waals surface area contributed by atoms with Crippen LogP contribution >= 0.6 is 0 Å². The van der Waals surface area contributed by atoms with E-state index in [-0.39, 0.29) is 12.0 Å². The molecule has 0 aromatic carbocycles. The van der Waals surface area contributed by atoms with Gasteiger partial charge < -0.3 is 14.8 Å². The number of methoxy groups -OCH3 is 1. The summed E-state index contributed by atoms with van der Waals surface area (Å²) in [5, 5.41) is 3.01. The summed E-state index contributed by atoms with van der Waals surface area (Å²) < 4.78 is 10.0. The first-order valence-corrected chi connectivity index (χ1v) is 5.00. The van der Waals surface area contributed by atoms with E-state index >= 15 is 0 Å². The van der Waals surface area contributed by atoms with E-state index in [1.807, 2.05) is 6.92 Å². The highest BCUT2D eigenvalue weighted by molar-refractivity contribution is 5.75. The number of hydrogen-bond donors (Lipinski definition) is 1. The Morgan fingerprint density at radius 2 is 2.00 bits per heavy atom. The molecule has 0 saturated heterocycles. The van der Waals surface area contributed by atoms with E-state index in [1.54, 1.807) is 0 Å². The Bertz CT molecular complexity index is 159. The maximum Gasteiger partial charge on any atom is 0.325 e. The molecule has 1 unspecified atom stereocenters. The average Bonchev–Trinajstić information content (AvgIpc) is 2.15. The highest BCUT2D eigenvalue weighted by atomic mass is 16.5. The molecule has 0 spiro atoms. The van der Waals surface area contributed by atoms with Crippen LogP contribution in [-0.4, -0.2) is 38.9 Å². The summed E-state index contributed by atoms with van der Waals surface area (Å²) in [5.74, 6) is 0.213. The molecule has 0 aromatic heterocycles. The van der Waals surface area contributed by atoms with Gasteiger partial charge in [-0.2, -0.15) is 0 Å². The predicted molar refractivity (Wildman–Crippen MR) is 55.1 cm³/mol. The molecule has 14 heavy (non-hydrogen) atoms. The number of nitrogens with one attached hydrogen (secondary N) is 1. The highest BCUT2D eigenvalue weighted by Gasteiger charge is 2.17. The SMILES string of the molecule is CCNC(COCC(C)C)C(=O)OC. The van der Waals surface area contributed by atoms with Gasteiger partial charge in [-0.05, 0) is 12.5 Å². The smallest absolute Gasteiger partial charge is 0.325 e. The lowest BCUT2D eigenvalue weighted by Gasteiger charge is -2.16. The molecule has 0 heterocycles. The molecule has 1 N–H and O–H groups in total. The molecule has 0 aliphatic carbocycles. The summed E-state index contributed by atoms with van der Waals surface area (Å²) in [6.45, 7) is 7.85. The molecule has 0 aliphatic rings. The van der Waals surface area contributed by atoms with Crippen LogP contribution in [0.4, 0.5) is 0 Å². The summed E-state index contributed by atoms with van der Waals surface area (Å²) in [4.78, 5) is 11.2. The number of hydrogen-bond acceptors (Lipinski definition) is 4. The molecule has 84 valence electrons. The summed E-state index contributed by atoms with van der Waals surface area (Å²) >= 11 is 0. The number of rotatable bonds is 7. The van der Waals surface area contributed by atoms with Gasteiger partial charge in [-0.25, -0.2) is 0 Å². The standard InChI is InChI=1S/C10H21NO3/c1-5-11-9(10(12)13-4)7-14-6-8(2)3/h8-9,11H,5-7H2,1-4H3. The van der Waals surface area contributed by atoms with Crippen molar-refractivity contribution in [2.45, 2.75) is 26.8 Å². The molecule has 0 radical (unpaired) electrons. The number of ether oxygens (including phenoxy) is 2. The zero-order valence-electron chi connectivity index (χ0n) is 9.50. The van der Waals surface area contributed by atoms with Gasteiger partial charge in [0.15, 0.2) is 0 Å². The van der Waals surface area contributed by atoms with Crippen molar-refractivity contribution in [1.82, 2.24) is 5.32 Å². The fourth-order valence-electron chi connectivity index (χ4n) is 1.02. The Balaban J connectivity index is 3.78. The fraction of sp³-hybridized carbons (Fsp3) is 0.900. The van der Waals surface area contributed by atoms with Gasteiger partial charge in [-0.15, -0.1) is 0 Å². The molecule has 0 fully saturated rings. The molecule has 0 aliphatic heterocycles. The van der Waals surface area contributed by atoms with Gasteiger partial charge >= 0.3 is 5.97 Å². The van der Waals surface area contributed by atoms with E-state index < -0.39 is 0 Å². The monoisotopic (exact) mass is 203 g/mol. The first-order valence-electron chi connectivity index (χ1n) is 5.00. The van der Waals surface area contributed by atoms with Crippen molar-refractivity contribution in [2.75, 3.05) is 26.9 Å². The van der Waals surface area contributed by atoms with Crippen LogP contribution in [0.5, 0.6) is 0 Å². The molecular weight excluding hydrogens is 182 g/mol. The Hall–Kier alpha value is -0.610. The van der Waals surface area contributed by atoms with E-state index in [0.717, 1.165) is 6.54 Å². The summed E-state index contributed by atoms with van der Waals surface area (Å²) in [6.07, 6.45) is 0. The maximum absolute atomic E-state index is 11.2. The van der Waals surface area contributed by atoms with Crippen molar-refractivity contribution in [3.8, 4) is 0 Å². The van der Waals surface area contributed by atoms with Crippen LogP contribution in [0.15, 0.2) is 0 Å². The van der Waals surface area contributed by atoms with Crippen LogP contribution in [-0.2, 0) is 14.3 Å². The van der Waals surface area contributed by atoms with Gasteiger partial charge in [0, 0.05) is 6.61 Å². The van der Waals surface area contributed by atoms with Gasteiger partial charge in [0.05, 0.1) is 13.7 Å². The van der Waals surface area contributed by atoms with Gasteiger partial charge in [-0.3, -0.25) is 4.79 Å². The first-order chi connectivity index (χ1) is 6.61. The Labute approximate surface area is 86.0 Å². The van der Waals surface area contributed by atoms with Crippen molar-refractivity contribution in [1.29, 1.82) is 0 Å². The van der Waals surface area contributed by atoms with Crippen molar-refractivity contribution < 1.29 is 14.3 Å². The zero-order chi connectivity index (χ0) is 11.0. The minimum Gasteiger partial charge on any atom is -0.468 e. The summed E-state index contributed by atoms with van der Waals surface area (Å²) in [7, 11) is 1.38. The molecule has 0 aromatic rings. The number of likely N-dealkylation sites (N-methyl/N-ethyl adjacent to an activating group) is 1. The second kappa shape index (κ2) is 7.76. The van der Waals surface area contributed by atoms with E-state index in [1.165, 1.54) is 7.11 Å². The van der Waals surface area contributed by atoms with Gasteiger partial charge in [0.1, 0.15) is 6.04 Å². The molecule has 0 saturated carbocycles. The third-order valence-electron chi connectivity index (χ3n) is 1.67. The molecule has 0 amide bonds. The molecule has 0 bridgehead atoms. The van der Waals surface area contributed by atoms with Crippen LogP contribution in [0.2, 0.25) is 0 Å². The molecule has 0 rings (SSSR count). The highest BCUT2D eigenvalue weighted by Crippen LogP contribution is 1.95. The second-order valence-electron chi connectivity index (χ2n) is 3.56. The van der Waals surface area contributed by atoms with E-state index in [4.69, 9.17) is 4.74 Å².